The number of nitrogens with zero attached hydrogens (tertiary/aromatic N) is 2. The second-order valence-corrected chi connectivity index (χ2v) is 2.11. The maximum absolute atomic E-state index is 8.29. The van der Waals surface area contributed by atoms with Crippen molar-refractivity contribution >= 4 is 0 Å². The third kappa shape index (κ3) is 4.00. The van der Waals surface area contributed by atoms with Crippen LogP contribution in [0.15, 0.2) is 11.8 Å². The molecule has 1 unspecified atom stereocenters. The monoisotopic (exact) mass is 150 g/mol. The Morgan fingerprint density at radius 2 is 2.09 bits per heavy atom. The van der Waals surface area contributed by atoms with Gasteiger partial charge in [-0.25, -0.2) is 0 Å². The fourth-order valence-corrected chi connectivity index (χ4v) is 0.358. The number of rotatable bonds is 3. The van der Waals surface area contributed by atoms with Gasteiger partial charge in [0.2, 0.25) is 0 Å². The van der Waals surface area contributed by atoms with Crippen molar-refractivity contribution in [2.75, 3.05) is 0 Å². The molecule has 0 bridgehead atoms. The molecule has 0 saturated carbocycles. The number of hydrogen-bond acceptors (Lipinski definition) is 3. The highest BCUT2D eigenvalue weighted by molar-refractivity contribution is 5.33. The van der Waals surface area contributed by atoms with Crippen LogP contribution in [0.5, 0.6) is 0 Å². The SMILES string of the molecule is CCC(C)OC=C(C#N)C#N. The van der Waals surface area contributed by atoms with Crippen molar-refractivity contribution in [2.24, 2.45) is 0 Å². The summed E-state index contributed by atoms with van der Waals surface area (Å²) in [4.78, 5) is 0. The summed E-state index contributed by atoms with van der Waals surface area (Å²) in [5.74, 6) is 0. The van der Waals surface area contributed by atoms with E-state index < -0.39 is 0 Å². The smallest absolute Gasteiger partial charge is 0.164 e. The van der Waals surface area contributed by atoms with Crippen LogP contribution < -0.4 is 0 Å². The van der Waals surface area contributed by atoms with Gasteiger partial charge in [0.25, 0.3) is 0 Å². The van der Waals surface area contributed by atoms with E-state index in [4.69, 9.17) is 15.3 Å². The van der Waals surface area contributed by atoms with E-state index in [0.717, 1.165) is 6.42 Å². The van der Waals surface area contributed by atoms with Gasteiger partial charge in [-0.3, -0.25) is 0 Å². The van der Waals surface area contributed by atoms with Gasteiger partial charge in [0.05, 0.1) is 6.10 Å². The summed E-state index contributed by atoms with van der Waals surface area (Å²) in [6.45, 7) is 3.85. The number of ether oxygens (including phenoxy) is 1. The fourth-order valence-electron chi connectivity index (χ4n) is 0.358. The van der Waals surface area contributed by atoms with Gasteiger partial charge in [-0.1, -0.05) is 6.92 Å². The molecule has 1 atom stereocenters. The van der Waals surface area contributed by atoms with Gasteiger partial charge >= 0.3 is 0 Å². The maximum Gasteiger partial charge on any atom is 0.164 e. The van der Waals surface area contributed by atoms with Gasteiger partial charge in [-0.2, -0.15) is 10.5 Å². The van der Waals surface area contributed by atoms with Crippen LogP contribution in [0.3, 0.4) is 0 Å². The molecule has 0 aliphatic heterocycles. The van der Waals surface area contributed by atoms with Crippen LogP contribution in [0, 0.1) is 22.7 Å². The van der Waals surface area contributed by atoms with E-state index in [1.807, 2.05) is 13.8 Å². The van der Waals surface area contributed by atoms with Crippen molar-refractivity contribution in [3.63, 3.8) is 0 Å². The maximum atomic E-state index is 8.29. The van der Waals surface area contributed by atoms with E-state index in [1.54, 1.807) is 12.1 Å². The van der Waals surface area contributed by atoms with Crippen LogP contribution in [0.2, 0.25) is 0 Å². The summed E-state index contributed by atoms with van der Waals surface area (Å²) < 4.78 is 5.03. The van der Waals surface area contributed by atoms with E-state index in [2.05, 4.69) is 0 Å². The van der Waals surface area contributed by atoms with E-state index in [9.17, 15) is 0 Å². The first-order valence-electron chi connectivity index (χ1n) is 3.40. The highest BCUT2D eigenvalue weighted by atomic mass is 16.5. The average molecular weight is 150 g/mol. The predicted molar refractivity (Wildman–Crippen MR) is 40.1 cm³/mol. The lowest BCUT2D eigenvalue weighted by molar-refractivity contribution is 0.157. The zero-order valence-electron chi connectivity index (χ0n) is 6.66. The zero-order valence-corrected chi connectivity index (χ0v) is 6.66. The Morgan fingerprint density at radius 1 is 1.55 bits per heavy atom. The third-order valence-electron chi connectivity index (χ3n) is 1.23. The van der Waals surface area contributed by atoms with E-state index >= 15 is 0 Å². The summed E-state index contributed by atoms with van der Waals surface area (Å²) in [6.07, 6.45) is 2.13. The predicted octanol–water partition coefficient (Wildman–Crippen LogP) is 1.73. The molecule has 0 aromatic heterocycles. The minimum Gasteiger partial charge on any atom is -0.496 e. The summed E-state index contributed by atoms with van der Waals surface area (Å²) in [5.41, 5.74) is 0.00491. The molecule has 0 aliphatic carbocycles. The Hall–Kier alpha value is -1.48. The lowest BCUT2D eigenvalue weighted by atomic mass is 10.3. The van der Waals surface area contributed by atoms with E-state index in [-0.39, 0.29) is 11.7 Å². The molecule has 0 radical (unpaired) electrons. The normalized spacial score (nSPS) is 10.5. The summed E-state index contributed by atoms with van der Waals surface area (Å²) in [5, 5.41) is 16.6. The first-order valence-corrected chi connectivity index (χ1v) is 3.40. The molecule has 0 aliphatic rings. The van der Waals surface area contributed by atoms with Crippen LogP contribution >= 0.6 is 0 Å². The Bertz CT molecular complexity index is 203. The van der Waals surface area contributed by atoms with Crippen molar-refractivity contribution in [1.82, 2.24) is 0 Å². The average Bonchev–Trinajstić information content (AvgIpc) is 2.06. The molecule has 0 N–H and O–H groups in total. The molecule has 0 amide bonds. The Morgan fingerprint density at radius 3 is 2.45 bits per heavy atom. The molecule has 0 rings (SSSR count). The van der Waals surface area contributed by atoms with Crippen LogP contribution in [0.1, 0.15) is 20.3 Å². The van der Waals surface area contributed by atoms with Gasteiger partial charge in [0.1, 0.15) is 18.4 Å². The molecule has 3 heteroatoms. The molecule has 11 heavy (non-hydrogen) atoms. The van der Waals surface area contributed by atoms with Crippen molar-refractivity contribution in [2.45, 2.75) is 26.4 Å². The molecule has 0 fully saturated rings. The molecular formula is C8H10N2O. The van der Waals surface area contributed by atoms with Crippen LogP contribution in [-0.4, -0.2) is 6.10 Å². The summed E-state index contributed by atoms with van der Waals surface area (Å²) >= 11 is 0. The molecule has 3 nitrogen and oxygen atoms in total. The molecular weight excluding hydrogens is 140 g/mol. The lowest BCUT2D eigenvalue weighted by Gasteiger charge is -2.06. The topological polar surface area (TPSA) is 56.8 Å². The minimum absolute atomic E-state index is 0.00491. The molecule has 0 aromatic carbocycles. The standard InChI is InChI=1S/C8H10N2O/c1-3-7(2)11-6-8(4-9)5-10/h6-7H,3H2,1-2H3. The third-order valence-corrected chi connectivity index (χ3v) is 1.23. The fraction of sp³-hybridized carbons (Fsp3) is 0.500. The number of allylic oxidation sites excluding steroid dienone is 1. The largest absolute Gasteiger partial charge is 0.496 e. The quantitative estimate of drug-likeness (QED) is 0.454. The second kappa shape index (κ2) is 5.32. The minimum atomic E-state index is 0.00491. The van der Waals surface area contributed by atoms with Crippen molar-refractivity contribution in [1.29, 1.82) is 10.5 Å². The highest BCUT2D eigenvalue weighted by Gasteiger charge is 1.96. The summed E-state index contributed by atoms with van der Waals surface area (Å²) in [6, 6.07) is 3.41. The van der Waals surface area contributed by atoms with Crippen LogP contribution in [-0.2, 0) is 4.74 Å². The first-order chi connectivity index (χ1) is 5.24. The Kier molecular flexibility index (Phi) is 4.60. The Labute approximate surface area is 66.5 Å². The molecule has 0 spiro atoms. The summed E-state index contributed by atoms with van der Waals surface area (Å²) in [7, 11) is 0. The molecule has 58 valence electrons. The number of nitriles is 2. The van der Waals surface area contributed by atoms with Crippen molar-refractivity contribution < 1.29 is 4.74 Å². The molecule has 0 saturated heterocycles. The molecule has 0 heterocycles. The van der Waals surface area contributed by atoms with Gasteiger partial charge in [-0.15, -0.1) is 0 Å². The number of hydrogen-bond donors (Lipinski definition) is 0. The zero-order chi connectivity index (χ0) is 8.69. The van der Waals surface area contributed by atoms with Gasteiger partial charge in [0, 0.05) is 0 Å². The lowest BCUT2D eigenvalue weighted by Crippen LogP contribution is -2.00. The van der Waals surface area contributed by atoms with E-state index in [1.165, 1.54) is 6.26 Å². The van der Waals surface area contributed by atoms with Gasteiger partial charge in [-0.05, 0) is 13.3 Å². The second-order valence-electron chi connectivity index (χ2n) is 2.11. The van der Waals surface area contributed by atoms with Crippen molar-refractivity contribution in [3.05, 3.63) is 11.8 Å². The Balaban J connectivity index is 3.94. The first kappa shape index (κ1) is 9.52. The highest BCUT2D eigenvalue weighted by Crippen LogP contribution is 1.98. The van der Waals surface area contributed by atoms with Crippen LogP contribution in [0.4, 0.5) is 0 Å². The van der Waals surface area contributed by atoms with Gasteiger partial charge < -0.3 is 4.74 Å². The van der Waals surface area contributed by atoms with Crippen LogP contribution in [0.25, 0.3) is 0 Å². The molecule has 0 aromatic rings. The van der Waals surface area contributed by atoms with Gasteiger partial charge in [0.15, 0.2) is 5.57 Å². The van der Waals surface area contributed by atoms with E-state index in [0.29, 0.717) is 0 Å². The van der Waals surface area contributed by atoms with Crippen molar-refractivity contribution in [3.8, 4) is 12.1 Å².